The van der Waals surface area contributed by atoms with Gasteiger partial charge >= 0.3 is 5.97 Å². The smallest absolute Gasteiger partial charge is 0.338 e. The van der Waals surface area contributed by atoms with Crippen molar-refractivity contribution in [3.63, 3.8) is 0 Å². The summed E-state index contributed by atoms with van der Waals surface area (Å²) in [5.41, 5.74) is 3.05. The topological polar surface area (TPSA) is 39.2 Å². The molecule has 2 aromatic carbocycles. The number of hydrogen-bond acceptors (Lipinski definition) is 3. The molecule has 5 heteroatoms. The Balaban J connectivity index is 1.87. The minimum atomic E-state index is -0.292. The third-order valence-electron chi connectivity index (χ3n) is 4.61. The lowest BCUT2D eigenvalue weighted by atomic mass is 10.0. The maximum atomic E-state index is 12.8. The molecule has 1 aromatic heterocycles. The van der Waals surface area contributed by atoms with E-state index in [0.717, 1.165) is 43.9 Å². The molecular formula is C23H23Br2NO2. The van der Waals surface area contributed by atoms with E-state index in [1.54, 1.807) is 0 Å². The van der Waals surface area contributed by atoms with Crippen LogP contribution in [0.25, 0.3) is 22.2 Å². The maximum absolute atomic E-state index is 12.8. The van der Waals surface area contributed by atoms with E-state index >= 15 is 0 Å². The highest BCUT2D eigenvalue weighted by Gasteiger charge is 2.16. The fourth-order valence-electron chi connectivity index (χ4n) is 3.08. The van der Waals surface area contributed by atoms with Gasteiger partial charge in [-0.15, -0.1) is 0 Å². The van der Waals surface area contributed by atoms with Crippen molar-refractivity contribution in [1.82, 2.24) is 4.98 Å². The average molecular weight is 505 g/mol. The number of rotatable bonds is 8. The first kappa shape index (κ1) is 21.0. The van der Waals surface area contributed by atoms with Crippen LogP contribution in [-0.2, 0) is 4.74 Å². The molecule has 0 saturated heterocycles. The Bertz CT molecular complexity index is 955. The molecule has 0 fully saturated rings. The zero-order valence-corrected chi connectivity index (χ0v) is 19.1. The van der Waals surface area contributed by atoms with Crippen molar-refractivity contribution in [3.05, 3.63) is 63.0 Å². The summed E-state index contributed by atoms with van der Waals surface area (Å²) in [7, 11) is 0. The van der Waals surface area contributed by atoms with Crippen LogP contribution in [0, 0.1) is 0 Å². The van der Waals surface area contributed by atoms with Crippen LogP contribution in [0.1, 0.15) is 49.4 Å². The molecule has 0 radical (unpaired) electrons. The summed E-state index contributed by atoms with van der Waals surface area (Å²) in [5, 5.41) is 0.797. The number of carbonyl (C=O) groups excluding carboxylic acids is 1. The Morgan fingerprint density at radius 2 is 1.64 bits per heavy atom. The van der Waals surface area contributed by atoms with Gasteiger partial charge in [-0.2, -0.15) is 0 Å². The molecule has 0 unspecified atom stereocenters. The maximum Gasteiger partial charge on any atom is 0.338 e. The van der Waals surface area contributed by atoms with Crippen molar-refractivity contribution in [1.29, 1.82) is 0 Å². The second kappa shape index (κ2) is 10.2. The van der Waals surface area contributed by atoms with Crippen molar-refractivity contribution >= 4 is 48.7 Å². The highest BCUT2D eigenvalue weighted by Crippen LogP contribution is 2.28. The minimum absolute atomic E-state index is 0.292. The van der Waals surface area contributed by atoms with Crippen LogP contribution in [0.5, 0.6) is 0 Å². The van der Waals surface area contributed by atoms with E-state index in [2.05, 4.69) is 38.8 Å². The van der Waals surface area contributed by atoms with Gasteiger partial charge in [0.1, 0.15) is 0 Å². The van der Waals surface area contributed by atoms with Crippen LogP contribution >= 0.6 is 31.9 Å². The highest BCUT2D eigenvalue weighted by atomic mass is 79.9. The number of benzene rings is 2. The van der Waals surface area contributed by atoms with Crippen LogP contribution in [0.3, 0.4) is 0 Å². The Hall–Kier alpha value is -1.72. The molecule has 0 saturated carbocycles. The number of nitrogens with zero attached hydrogens (tertiary/aromatic N) is 1. The fourth-order valence-corrected chi connectivity index (χ4v) is 3.71. The first-order valence-corrected chi connectivity index (χ1v) is 11.2. The molecule has 0 bridgehead atoms. The van der Waals surface area contributed by atoms with Crippen LogP contribution < -0.4 is 0 Å². The summed E-state index contributed by atoms with van der Waals surface area (Å²) in [5.74, 6) is -0.292. The predicted octanol–water partition coefficient (Wildman–Crippen LogP) is 7.55. The van der Waals surface area contributed by atoms with Crippen LogP contribution in [0.15, 0.2) is 57.5 Å². The van der Waals surface area contributed by atoms with Gasteiger partial charge in [-0.1, -0.05) is 76.6 Å². The SMILES string of the molecule is CCCCCCCOC(=O)c1cc(-c2ccc(Br)cc2)nc2ccc(Br)cc12. The van der Waals surface area contributed by atoms with Gasteiger partial charge in [-0.25, -0.2) is 9.78 Å². The molecule has 0 aliphatic carbocycles. The molecule has 0 amide bonds. The molecule has 0 spiro atoms. The monoisotopic (exact) mass is 503 g/mol. The van der Waals surface area contributed by atoms with Gasteiger partial charge in [0.15, 0.2) is 0 Å². The molecule has 0 N–H and O–H groups in total. The van der Waals surface area contributed by atoms with E-state index < -0.39 is 0 Å². The Kier molecular flexibility index (Phi) is 7.63. The first-order valence-electron chi connectivity index (χ1n) is 9.62. The van der Waals surface area contributed by atoms with E-state index in [0.29, 0.717) is 12.2 Å². The van der Waals surface area contributed by atoms with Crippen LogP contribution in [-0.4, -0.2) is 17.6 Å². The minimum Gasteiger partial charge on any atom is -0.462 e. The number of esters is 1. The number of unbranched alkanes of at least 4 members (excludes halogenated alkanes) is 4. The van der Waals surface area contributed by atoms with Crippen molar-refractivity contribution in [2.24, 2.45) is 0 Å². The zero-order chi connectivity index (χ0) is 19.9. The second-order valence-electron chi connectivity index (χ2n) is 6.77. The number of carbonyl (C=O) groups is 1. The summed E-state index contributed by atoms with van der Waals surface area (Å²) in [6.07, 6.45) is 5.61. The van der Waals surface area contributed by atoms with E-state index in [-0.39, 0.29) is 5.97 Å². The quantitative estimate of drug-likeness (QED) is 0.234. The lowest BCUT2D eigenvalue weighted by Gasteiger charge is -2.11. The molecule has 1 heterocycles. The fraction of sp³-hybridized carbons (Fsp3) is 0.304. The molecule has 3 nitrogen and oxygen atoms in total. The first-order chi connectivity index (χ1) is 13.6. The zero-order valence-electron chi connectivity index (χ0n) is 15.9. The summed E-state index contributed by atoms with van der Waals surface area (Å²) in [4.78, 5) is 17.6. The van der Waals surface area contributed by atoms with Crippen LogP contribution in [0.4, 0.5) is 0 Å². The van der Waals surface area contributed by atoms with E-state index in [1.165, 1.54) is 19.3 Å². The number of halogens is 2. The number of ether oxygens (including phenoxy) is 1. The van der Waals surface area contributed by atoms with E-state index in [9.17, 15) is 4.79 Å². The van der Waals surface area contributed by atoms with E-state index in [1.807, 2.05) is 48.5 Å². The Morgan fingerprint density at radius 1 is 0.929 bits per heavy atom. The summed E-state index contributed by atoms with van der Waals surface area (Å²) < 4.78 is 7.49. The summed E-state index contributed by atoms with van der Waals surface area (Å²) in [6, 6.07) is 15.5. The summed E-state index contributed by atoms with van der Waals surface area (Å²) >= 11 is 6.94. The Morgan fingerprint density at radius 3 is 2.39 bits per heavy atom. The molecule has 146 valence electrons. The van der Waals surface area contributed by atoms with Gasteiger partial charge in [0.2, 0.25) is 0 Å². The van der Waals surface area contributed by atoms with Gasteiger partial charge in [0.25, 0.3) is 0 Å². The molecule has 3 rings (SSSR count). The van der Waals surface area contributed by atoms with Crippen molar-refractivity contribution in [3.8, 4) is 11.3 Å². The lowest BCUT2D eigenvalue weighted by molar-refractivity contribution is 0.0500. The average Bonchev–Trinajstić information content (AvgIpc) is 2.70. The normalized spacial score (nSPS) is 11.0. The van der Waals surface area contributed by atoms with Crippen molar-refractivity contribution in [2.45, 2.75) is 39.0 Å². The van der Waals surface area contributed by atoms with Crippen molar-refractivity contribution < 1.29 is 9.53 Å². The number of aromatic nitrogens is 1. The summed E-state index contributed by atoms with van der Waals surface area (Å²) in [6.45, 7) is 2.64. The molecule has 0 aliphatic rings. The third kappa shape index (κ3) is 5.42. The van der Waals surface area contributed by atoms with Gasteiger partial charge in [-0.3, -0.25) is 0 Å². The van der Waals surface area contributed by atoms with Gasteiger partial charge < -0.3 is 4.74 Å². The standard InChI is InChI=1S/C23H23Br2NO2/c1-2-3-4-5-6-13-28-23(27)20-15-22(16-7-9-17(24)10-8-16)26-21-12-11-18(25)14-19(20)21/h7-12,14-15H,2-6,13H2,1H3. The van der Waals surface area contributed by atoms with Gasteiger partial charge in [-0.05, 0) is 42.8 Å². The largest absolute Gasteiger partial charge is 0.462 e. The molecule has 3 aromatic rings. The lowest BCUT2D eigenvalue weighted by Crippen LogP contribution is -2.08. The molecular weight excluding hydrogens is 482 g/mol. The number of pyridine rings is 1. The van der Waals surface area contributed by atoms with Gasteiger partial charge in [0, 0.05) is 19.9 Å². The number of fused-ring (bicyclic) bond motifs is 1. The second-order valence-corrected chi connectivity index (χ2v) is 8.60. The predicted molar refractivity (Wildman–Crippen MR) is 122 cm³/mol. The highest BCUT2D eigenvalue weighted by molar-refractivity contribution is 9.10. The number of hydrogen-bond donors (Lipinski definition) is 0. The molecule has 0 aliphatic heterocycles. The van der Waals surface area contributed by atoms with E-state index in [4.69, 9.17) is 9.72 Å². The molecule has 0 atom stereocenters. The van der Waals surface area contributed by atoms with Crippen LogP contribution in [0.2, 0.25) is 0 Å². The van der Waals surface area contributed by atoms with Gasteiger partial charge in [0.05, 0.1) is 23.4 Å². The third-order valence-corrected chi connectivity index (χ3v) is 5.63. The van der Waals surface area contributed by atoms with Crippen molar-refractivity contribution in [2.75, 3.05) is 6.61 Å². The molecule has 28 heavy (non-hydrogen) atoms. The Labute approximate surface area is 182 Å².